The first-order chi connectivity index (χ1) is 4.54. The maximum Gasteiger partial charge on any atom is 0.167 e. The van der Waals surface area contributed by atoms with Gasteiger partial charge in [-0.05, 0) is 25.1 Å². The van der Waals surface area contributed by atoms with Gasteiger partial charge in [-0.2, -0.15) is 0 Å². The standard InChI is InChI=1S/C7H14N2S/c1-5(2)6(3)4-9-7(8)10/h4-5H,1-3H3,(H3,8,9,10)/b6-4+. The van der Waals surface area contributed by atoms with Gasteiger partial charge in [0.15, 0.2) is 5.11 Å². The lowest BCUT2D eigenvalue weighted by molar-refractivity contribution is 0.762. The summed E-state index contributed by atoms with van der Waals surface area (Å²) in [6, 6.07) is 0. The molecule has 0 aromatic rings. The minimum atomic E-state index is 0.319. The number of hydrogen-bond acceptors (Lipinski definition) is 1. The molecule has 0 aromatic carbocycles. The van der Waals surface area contributed by atoms with Crippen LogP contribution in [0.1, 0.15) is 20.8 Å². The summed E-state index contributed by atoms with van der Waals surface area (Å²) in [6.07, 6.45) is 1.84. The molecule has 0 aliphatic heterocycles. The van der Waals surface area contributed by atoms with Crippen molar-refractivity contribution in [3.8, 4) is 0 Å². The first-order valence-electron chi connectivity index (χ1n) is 3.26. The second-order valence-corrected chi connectivity index (χ2v) is 2.99. The smallest absolute Gasteiger partial charge is 0.167 e. The first kappa shape index (κ1) is 9.43. The fraction of sp³-hybridized carbons (Fsp3) is 0.571. The minimum absolute atomic E-state index is 0.319. The molecule has 0 spiro atoms. The van der Waals surface area contributed by atoms with Gasteiger partial charge in [-0.15, -0.1) is 0 Å². The maximum atomic E-state index is 5.22. The Morgan fingerprint density at radius 2 is 2.10 bits per heavy atom. The fourth-order valence-electron chi connectivity index (χ4n) is 0.352. The van der Waals surface area contributed by atoms with Gasteiger partial charge in [0.05, 0.1) is 0 Å². The van der Waals surface area contributed by atoms with Gasteiger partial charge in [-0.1, -0.05) is 19.4 Å². The molecule has 0 atom stereocenters. The summed E-state index contributed by atoms with van der Waals surface area (Å²) in [5.41, 5.74) is 6.46. The third kappa shape index (κ3) is 4.32. The van der Waals surface area contributed by atoms with Gasteiger partial charge in [0.25, 0.3) is 0 Å². The topological polar surface area (TPSA) is 38.0 Å². The van der Waals surface area contributed by atoms with E-state index in [1.807, 2.05) is 13.1 Å². The maximum absolute atomic E-state index is 5.22. The van der Waals surface area contributed by atoms with E-state index in [1.165, 1.54) is 5.57 Å². The molecule has 0 fully saturated rings. The number of nitrogens with one attached hydrogen (secondary N) is 1. The quantitative estimate of drug-likeness (QED) is 0.596. The lowest BCUT2D eigenvalue weighted by atomic mass is 10.1. The molecule has 2 nitrogen and oxygen atoms in total. The van der Waals surface area contributed by atoms with Crippen molar-refractivity contribution in [1.29, 1.82) is 0 Å². The van der Waals surface area contributed by atoms with E-state index in [2.05, 4.69) is 31.4 Å². The summed E-state index contributed by atoms with van der Waals surface area (Å²) in [5.74, 6) is 0.543. The molecule has 0 aliphatic carbocycles. The van der Waals surface area contributed by atoms with Crippen molar-refractivity contribution in [2.75, 3.05) is 0 Å². The molecular formula is C7H14N2S. The Hall–Kier alpha value is -0.570. The summed E-state index contributed by atoms with van der Waals surface area (Å²) in [6.45, 7) is 6.27. The molecular weight excluding hydrogens is 144 g/mol. The van der Waals surface area contributed by atoms with E-state index in [-0.39, 0.29) is 0 Å². The van der Waals surface area contributed by atoms with Gasteiger partial charge in [-0.25, -0.2) is 0 Å². The molecule has 0 aliphatic rings. The zero-order valence-electron chi connectivity index (χ0n) is 6.64. The van der Waals surface area contributed by atoms with Crippen LogP contribution < -0.4 is 11.1 Å². The first-order valence-corrected chi connectivity index (χ1v) is 3.67. The molecule has 3 N–H and O–H groups in total. The average Bonchev–Trinajstić information content (AvgIpc) is 1.82. The van der Waals surface area contributed by atoms with Crippen LogP contribution in [0.4, 0.5) is 0 Å². The molecule has 0 saturated carbocycles. The molecule has 0 heterocycles. The molecule has 0 amide bonds. The predicted molar refractivity (Wildman–Crippen MR) is 48.5 cm³/mol. The van der Waals surface area contributed by atoms with Crippen LogP contribution in [-0.4, -0.2) is 5.11 Å². The highest BCUT2D eigenvalue weighted by Gasteiger charge is 1.93. The molecule has 0 bridgehead atoms. The second kappa shape index (κ2) is 4.28. The van der Waals surface area contributed by atoms with E-state index in [1.54, 1.807) is 0 Å². The van der Waals surface area contributed by atoms with E-state index in [0.29, 0.717) is 11.0 Å². The van der Waals surface area contributed by atoms with Crippen LogP contribution in [0.15, 0.2) is 11.8 Å². The Morgan fingerprint density at radius 1 is 1.60 bits per heavy atom. The van der Waals surface area contributed by atoms with Crippen LogP contribution in [0, 0.1) is 5.92 Å². The van der Waals surface area contributed by atoms with Crippen molar-refractivity contribution in [3.63, 3.8) is 0 Å². The number of hydrogen-bond donors (Lipinski definition) is 2. The van der Waals surface area contributed by atoms with Gasteiger partial charge < -0.3 is 11.1 Å². The van der Waals surface area contributed by atoms with Crippen molar-refractivity contribution in [3.05, 3.63) is 11.8 Å². The molecule has 10 heavy (non-hydrogen) atoms. The zero-order valence-corrected chi connectivity index (χ0v) is 7.46. The fourth-order valence-corrected chi connectivity index (χ4v) is 0.411. The van der Waals surface area contributed by atoms with E-state index in [4.69, 9.17) is 5.73 Å². The van der Waals surface area contributed by atoms with Crippen molar-refractivity contribution in [2.45, 2.75) is 20.8 Å². The highest BCUT2D eigenvalue weighted by Crippen LogP contribution is 2.05. The molecule has 0 unspecified atom stereocenters. The Morgan fingerprint density at radius 3 is 2.40 bits per heavy atom. The van der Waals surface area contributed by atoms with Gasteiger partial charge in [0.2, 0.25) is 0 Å². The Balaban J connectivity index is 3.80. The van der Waals surface area contributed by atoms with E-state index in [0.717, 1.165) is 0 Å². The number of allylic oxidation sites excluding steroid dienone is 1. The Bertz CT molecular complexity index is 150. The van der Waals surface area contributed by atoms with Crippen LogP contribution in [0.3, 0.4) is 0 Å². The van der Waals surface area contributed by atoms with Crippen molar-refractivity contribution in [1.82, 2.24) is 5.32 Å². The van der Waals surface area contributed by atoms with Gasteiger partial charge >= 0.3 is 0 Å². The van der Waals surface area contributed by atoms with Gasteiger partial charge in [-0.3, -0.25) is 0 Å². The number of rotatable bonds is 2. The number of nitrogens with two attached hydrogens (primary N) is 1. The molecule has 0 aromatic heterocycles. The predicted octanol–water partition coefficient (Wildman–Crippen LogP) is 1.38. The Labute approximate surface area is 67.5 Å². The molecule has 3 heteroatoms. The van der Waals surface area contributed by atoms with Gasteiger partial charge in [0, 0.05) is 6.20 Å². The van der Waals surface area contributed by atoms with Crippen LogP contribution in [0.25, 0.3) is 0 Å². The molecule has 0 saturated heterocycles. The van der Waals surface area contributed by atoms with E-state index >= 15 is 0 Å². The third-order valence-corrected chi connectivity index (χ3v) is 1.47. The van der Waals surface area contributed by atoms with Crippen molar-refractivity contribution >= 4 is 17.3 Å². The normalized spacial score (nSPS) is 11.8. The minimum Gasteiger partial charge on any atom is -0.376 e. The second-order valence-electron chi connectivity index (χ2n) is 2.55. The van der Waals surface area contributed by atoms with Crippen LogP contribution in [0.2, 0.25) is 0 Å². The largest absolute Gasteiger partial charge is 0.376 e. The Kier molecular flexibility index (Phi) is 4.03. The van der Waals surface area contributed by atoms with Crippen molar-refractivity contribution in [2.24, 2.45) is 11.7 Å². The van der Waals surface area contributed by atoms with Crippen LogP contribution in [-0.2, 0) is 0 Å². The lowest BCUT2D eigenvalue weighted by Crippen LogP contribution is -2.24. The molecule has 0 rings (SSSR count). The zero-order chi connectivity index (χ0) is 8.15. The van der Waals surface area contributed by atoms with E-state index in [9.17, 15) is 0 Å². The summed E-state index contributed by atoms with van der Waals surface area (Å²) in [5, 5.41) is 3.09. The van der Waals surface area contributed by atoms with E-state index < -0.39 is 0 Å². The highest BCUT2D eigenvalue weighted by molar-refractivity contribution is 7.80. The molecule has 58 valence electrons. The van der Waals surface area contributed by atoms with Crippen LogP contribution >= 0.6 is 12.2 Å². The molecule has 0 radical (unpaired) electrons. The summed E-state index contributed by atoms with van der Waals surface area (Å²) >= 11 is 4.62. The monoisotopic (exact) mass is 158 g/mol. The number of thiocarbonyl (C=S) groups is 1. The highest BCUT2D eigenvalue weighted by atomic mass is 32.1. The lowest BCUT2D eigenvalue weighted by Gasteiger charge is -2.04. The average molecular weight is 158 g/mol. The third-order valence-electron chi connectivity index (χ3n) is 1.35. The van der Waals surface area contributed by atoms with Crippen molar-refractivity contribution < 1.29 is 0 Å². The summed E-state index contributed by atoms with van der Waals surface area (Å²) in [7, 11) is 0. The van der Waals surface area contributed by atoms with Crippen LogP contribution in [0.5, 0.6) is 0 Å². The van der Waals surface area contributed by atoms with Gasteiger partial charge in [0.1, 0.15) is 0 Å². The summed E-state index contributed by atoms with van der Waals surface area (Å²) < 4.78 is 0. The SMILES string of the molecule is C/C(=C\NC(N)=S)C(C)C. The summed E-state index contributed by atoms with van der Waals surface area (Å²) in [4.78, 5) is 0.